The van der Waals surface area contributed by atoms with E-state index < -0.39 is 0 Å². The topological polar surface area (TPSA) is 55.1 Å². The van der Waals surface area contributed by atoms with Crippen molar-refractivity contribution in [3.63, 3.8) is 0 Å². The minimum atomic E-state index is 0.465. The van der Waals surface area contributed by atoms with Crippen molar-refractivity contribution in [1.29, 1.82) is 0 Å². The van der Waals surface area contributed by atoms with Crippen LogP contribution in [-0.2, 0) is 0 Å². The lowest BCUT2D eigenvalue weighted by Gasteiger charge is -2.10. The number of fused-ring (bicyclic) bond motifs is 1. The van der Waals surface area contributed by atoms with Gasteiger partial charge in [-0.2, -0.15) is 14.6 Å². The summed E-state index contributed by atoms with van der Waals surface area (Å²) in [7, 11) is 0. The van der Waals surface area contributed by atoms with Gasteiger partial charge in [0, 0.05) is 11.8 Å². The quantitative estimate of drug-likeness (QED) is 0.786. The van der Waals surface area contributed by atoms with E-state index in [4.69, 9.17) is 23.2 Å². The molecule has 3 rings (SSSR count). The van der Waals surface area contributed by atoms with E-state index in [1.165, 1.54) is 6.33 Å². The molecule has 0 atom stereocenters. The molecule has 0 fully saturated rings. The first-order valence-electron chi connectivity index (χ1n) is 5.53. The number of benzene rings is 1. The predicted molar refractivity (Wildman–Crippen MR) is 75.3 cm³/mol. The molecule has 1 N–H and O–H groups in total. The average Bonchev–Trinajstić information content (AvgIpc) is 2.83. The summed E-state index contributed by atoms with van der Waals surface area (Å²) in [6.45, 7) is 1.89. The average molecular weight is 294 g/mol. The molecule has 0 aliphatic heterocycles. The van der Waals surface area contributed by atoms with Crippen molar-refractivity contribution in [2.75, 3.05) is 5.32 Å². The maximum absolute atomic E-state index is 6.15. The fraction of sp³-hybridized carbons (Fsp3) is 0.0833. The number of nitrogens with zero attached hydrogens (tertiary/aromatic N) is 4. The van der Waals surface area contributed by atoms with Crippen LogP contribution < -0.4 is 5.32 Å². The lowest BCUT2D eigenvalue weighted by atomic mass is 10.3. The maximum Gasteiger partial charge on any atom is 0.254 e. The number of hydrogen-bond donors (Lipinski definition) is 1. The summed E-state index contributed by atoms with van der Waals surface area (Å²) < 4.78 is 1.60. The minimum Gasteiger partial charge on any atom is -0.339 e. The molecule has 0 aliphatic carbocycles. The van der Waals surface area contributed by atoms with Gasteiger partial charge in [-0.25, -0.2) is 4.98 Å². The summed E-state index contributed by atoms with van der Waals surface area (Å²) >= 11 is 12.1. The zero-order valence-electron chi connectivity index (χ0n) is 9.93. The SMILES string of the molecule is Cc1cc(Nc2cccc(Cl)c2Cl)n2ncnc2n1. The summed E-state index contributed by atoms with van der Waals surface area (Å²) in [6, 6.07) is 7.26. The van der Waals surface area contributed by atoms with Crippen molar-refractivity contribution < 1.29 is 0 Å². The second kappa shape index (κ2) is 4.68. The molecule has 0 saturated heterocycles. The van der Waals surface area contributed by atoms with Crippen LogP contribution in [0.2, 0.25) is 10.0 Å². The molecule has 0 saturated carbocycles. The summed E-state index contributed by atoms with van der Waals surface area (Å²) in [5, 5.41) is 8.26. The van der Waals surface area contributed by atoms with Gasteiger partial charge in [0.1, 0.15) is 12.1 Å². The fourth-order valence-electron chi connectivity index (χ4n) is 1.76. The molecule has 2 aromatic heterocycles. The number of halogens is 2. The maximum atomic E-state index is 6.15. The second-order valence-corrected chi connectivity index (χ2v) is 4.77. The van der Waals surface area contributed by atoms with Gasteiger partial charge in [-0.3, -0.25) is 0 Å². The van der Waals surface area contributed by atoms with Gasteiger partial charge in [0.15, 0.2) is 0 Å². The van der Waals surface area contributed by atoms with E-state index in [2.05, 4.69) is 20.4 Å². The standard InChI is InChI=1S/C12H9Cl2N5/c1-7-5-10(19-12(17-7)15-6-16-19)18-9-4-2-3-8(13)11(9)14/h2-6,18H,1H3. The van der Waals surface area contributed by atoms with Crippen LogP contribution in [0.25, 0.3) is 5.78 Å². The molecule has 3 aromatic rings. The van der Waals surface area contributed by atoms with Crippen molar-refractivity contribution in [2.24, 2.45) is 0 Å². The Morgan fingerprint density at radius 3 is 2.95 bits per heavy atom. The van der Waals surface area contributed by atoms with Crippen molar-refractivity contribution in [3.05, 3.63) is 46.3 Å². The lowest BCUT2D eigenvalue weighted by Crippen LogP contribution is -2.03. The molecule has 1 aromatic carbocycles. The summed E-state index contributed by atoms with van der Waals surface area (Å²) in [5.74, 6) is 1.25. The normalized spacial score (nSPS) is 10.9. The van der Waals surface area contributed by atoms with Gasteiger partial charge in [0.2, 0.25) is 0 Å². The van der Waals surface area contributed by atoms with Crippen molar-refractivity contribution in [2.45, 2.75) is 6.92 Å². The van der Waals surface area contributed by atoms with Gasteiger partial charge in [-0.05, 0) is 19.1 Å². The van der Waals surface area contributed by atoms with Crippen LogP contribution in [-0.4, -0.2) is 19.6 Å². The van der Waals surface area contributed by atoms with E-state index in [1.54, 1.807) is 10.6 Å². The molecule has 0 amide bonds. The summed E-state index contributed by atoms with van der Waals surface area (Å²) in [5.41, 5.74) is 1.54. The molecule has 0 radical (unpaired) electrons. The number of rotatable bonds is 2. The monoisotopic (exact) mass is 293 g/mol. The minimum absolute atomic E-state index is 0.465. The van der Waals surface area contributed by atoms with Gasteiger partial charge in [-0.1, -0.05) is 29.3 Å². The van der Waals surface area contributed by atoms with E-state index in [1.807, 2.05) is 25.1 Å². The van der Waals surface area contributed by atoms with Crippen LogP contribution in [0.15, 0.2) is 30.6 Å². The molecule has 0 unspecified atom stereocenters. The molecule has 96 valence electrons. The van der Waals surface area contributed by atoms with Crippen molar-refractivity contribution in [1.82, 2.24) is 19.6 Å². The number of aromatic nitrogens is 4. The molecule has 0 spiro atoms. The number of anilines is 2. The van der Waals surface area contributed by atoms with Gasteiger partial charge >= 0.3 is 0 Å². The van der Waals surface area contributed by atoms with Gasteiger partial charge in [0.05, 0.1) is 15.7 Å². The fourth-order valence-corrected chi connectivity index (χ4v) is 2.11. The third kappa shape index (κ3) is 2.22. The Labute approximate surface area is 119 Å². The third-order valence-corrected chi connectivity index (χ3v) is 3.41. The Morgan fingerprint density at radius 1 is 1.26 bits per heavy atom. The van der Waals surface area contributed by atoms with Gasteiger partial charge in [0.25, 0.3) is 5.78 Å². The predicted octanol–water partition coefficient (Wildman–Crippen LogP) is 3.48. The van der Waals surface area contributed by atoms with Crippen LogP contribution in [0.5, 0.6) is 0 Å². The highest BCUT2D eigenvalue weighted by atomic mass is 35.5. The summed E-state index contributed by atoms with van der Waals surface area (Å²) in [6.07, 6.45) is 1.45. The number of hydrogen-bond acceptors (Lipinski definition) is 4. The van der Waals surface area contributed by atoms with Crippen molar-refractivity contribution >= 4 is 40.5 Å². The van der Waals surface area contributed by atoms with Crippen LogP contribution in [0.1, 0.15) is 5.69 Å². The highest BCUT2D eigenvalue weighted by molar-refractivity contribution is 6.43. The van der Waals surface area contributed by atoms with E-state index in [0.717, 1.165) is 11.5 Å². The third-order valence-electron chi connectivity index (χ3n) is 2.59. The van der Waals surface area contributed by atoms with E-state index in [0.29, 0.717) is 21.5 Å². The molecule has 5 nitrogen and oxygen atoms in total. The molecule has 0 bridgehead atoms. The Morgan fingerprint density at radius 2 is 2.11 bits per heavy atom. The molecular formula is C12H9Cl2N5. The molecule has 19 heavy (non-hydrogen) atoms. The van der Waals surface area contributed by atoms with Crippen LogP contribution in [0, 0.1) is 6.92 Å². The zero-order chi connectivity index (χ0) is 13.4. The van der Waals surface area contributed by atoms with Crippen LogP contribution in [0.3, 0.4) is 0 Å². The van der Waals surface area contributed by atoms with Crippen LogP contribution in [0.4, 0.5) is 11.5 Å². The van der Waals surface area contributed by atoms with Crippen LogP contribution >= 0.6 is 23.2 Å². The molecule has 7 heteroatoms. The largest absolute Gasteiger partial charge is 0.339 e. The highest BCUT2D eigenvalue weighted by Gasteiger charge is 2.09. The molecular weight excluding hydrogens is 285 g/mol. The Balaban J connectivity index is 2.10. The van der Waals surface area contributed by atoms with E-state index >= 15 is 0 Å². The van der Waals surface area contributed by atoms with Crippen molar-refractivity contribution in [3.8, 4) is 0 Å². The van der Waals surface area contributed by atoms with E-state index in [-0.39, 0.29) is 0 Å². The molecule has 2 heterocycles. The van der Waals surface area contributed by atoms with Gasteiger partial charge in [-0.15, -0.1) is 0 Å². The Bertz CT molecular complexity index is 753. The first-order valence-corrected chi connectivity index (χ1v) is 6.29. The number of aryl methyl sites for hydroxylation is 1. The summed E-state index contributed by atoms with van der Waals surface area (Å²) in [4.78, 5) is 8.33. The first kappa shape index (κ1) is 12.2. The number of nitrogens with one attached hydrogen (secondary N) is 1. The Hall–Kier alpha value is -1.85. The second-order valence-electron chi connectivity index (χ2n) is 3.98. The zero-order valence-corrected chi connectivity index (χ0v) is 11.4. The van der Waals surface area contributed by atoms with E-state index in [9.17, 15) is 0 Å². The highest BCUT2D eigenvalue weighted by Crippen LogP contribution is 2.31. The lowest BCUT2D eigenvalue weighted by molar-refractivity contribution is 0.937. The smallest absolute Gasteiger partial charge is 0.254 e. The first-order chi connectivity index (χ1) is 9.15. The Kier molecular flexibility index (Phi) is 3.00. The molecule has 0 aliphatic rings. The van der Waals surface area contributed by atoms with Gasteiger partial charge < -0.3 is 5.32 Å².